The molecular formula is C26H23F3N2O4. The average molecular weight is 484 g/mol. The molecular weight excluding hydrogens is 461 g/mol. The summed E-state index contributed by atoms with van der Waals surface area (Å²) in [7, 11) is 1.25. The SMILES string of the molecule is COC(=O)c1ccc(C#CC(O)(C(=O)Nc2ccc(C#N)c(C(F)(F)F)c2)C2CCCCC2)cc1. The van der Waals surface area contributed by atoms with Crippen LogP contribution >= 0.6 is 0 Å². The van der Waals surface area contributed by atoms with Gasteiger partial charge < -0.3 is 15.2 Å². The molecule has 2 N–H and O–H groups in total. The Hall–Kier alpha value is -3.82. The largest absolute Gasteiger partial charge is 0.465 e. The topological polar surface area (TPSA) is 99.4 Å². The van der Waals surface area contributed by atoms with Crippen LogP contribution in [0.5, 0.6) is 0 Å². The number of anilines is 1. The lowest BCUT2D eigenvalue weighted by Gasteiger charge is -2.33. The van der Waals surface area contributed by atoms with Gasteiger partial charge in [0.2, 0.25) is 5.60 Å². The number of carbonyl (C=O) groups excluding carboxylic acids is 2. The molecule has 35 heavy (non-hydrogen) atoms. The van der Waals surface area contributed by atoms with E-state index in [-0.39, 0.29) is 5.69 Å². The number of nitrogens with zero attached hydrogens (tertiary/aromatic N) is 1. The van der Waals surface area contributed by atoms with Crippen LogP contribution in [0.1, 0.15) is 59.2 Å². The van der Waals surface area contributed by atoms with Gasteiger partial charge in [0.15, 0.2) is 0 Å². The molecule has 1 fully saturated rings. The van der Waals surface area contributed by atoms with E-state index in [0.717, 1.165) is 25.3 Å². The van der Waals surface area contributed by atoms with Gasteiger partial charge in [-0.2, -0.15) is 18.4 Å². The molecule has 1 aliphatic carbocycles. The third kappa shape index (κ3) is 6.00. The van der Waals surface area contributed by atoms with Gasteiger partial charge in [0, 0.05) is 17.2 Å². The summed E-state index contributed by atoms with van der Waals surface area (Å²) in [5, 5.41) is 22.7. The van der Waals surface area contributed by atoms with Crippen LogP contribution in [0.4, 0.5) is 18.9 Å². The summed E-state index contributed by atoms with van der Waals surface area (Å²) in [5.41, 5.74) is -3.39. The van der Waals surface area contributed by atoms with Gasteiger partial charge in [-0.05, 0) is 55.3 Å². The minimum Gasteiger partial charge on any atom is -0.465 e. The van der Waals surface area contributed by atoms with Crippen LogP contribution in [0, 0.1) is 29.1 Å². The zero-order valence-corrected chi connectivity index (χ0v) is 18.9. The van der Waals surface area contributed by atoms with E-state index in [2.05, 4.69) is 21.9 Å². The van der Waals surface area contributed by atoms with Crippen molar-refractivity contribution in [1.82, 2.24) is 0 Å². The van der Waals surface area contributed by atoms with Crippen LogP contribution in [0.15, 0.2) is 42.5 Å². The molecule has 1 aliphatic rings. The fourth-order valence-electron chi connectivity index (χ4n) is 4.02. The molecule has 182 valence electrons. The van der Waals surface area contributed by atoms with Gasteiger partial charge in [-0.15, -0.1) is 0 Å². The molecule has 9 heteroatoms. The minimum absolute atomic E-state index is 0.209. The van der Waals surface area contributed by atoms with Gasteiger partial charge >= 0.3 is 12.1 Å². The number of ether oxygens (including phenoxy) is 1. The van der Waals surface area contributed by atoms with Crippen LogP contribution in [0.25, 0.3) is 0 Å². The number of benzene rings is 2. The van der Waals surface area contributed by atoms with Crippen molar-refractivity contribution in [3.8, 4) is 17.9 Å². The number of alkyl halides is 3. The van der Waals surface area contributed by atoms with Crippen LogP contribution in [0.3, 0.4) is 0 Å². The second-order valence-corrected chi connectivity index (χ2v) is 8.24. The Morgan fingerprint density at radius 1 is 1.09 bits per heavy atom. The number of hydrogen-bond acceptors (Lipinski definition) is 5. The fourth-order valence-corrected chi connectivity index (χ4v) is 4.02. The average Bonchev–Trinajstić information content (AvgIpc) is 2.87. The second-order valence-electron chi connectivity index (χ2n) is 8.24. The smallest absolute Gasteiger partial charge is 0.417 e. The first-order valence-electron chi connectivity index (χ1n) is 10.9. The van der Waals surface area contributed by atoms with Crippen LogP contribution in [-0.4, -0.2) is 29.7 Å². The number of esters is 1. The van der Waals surface area contributed by atoms with Gasteiger partial charge in [-0.1, -0.05) is 31.1 Å². The standard InChI is InChI=1S/C26H23F3N2O4/c1-35-23(32)18-9-7-17(8-10-18)13-14-25(34,20-5-3-2-4-6-20)24(33)31-21-12-11-19(16-30)22(15-21)26(27,28)29/h7-12,15,20,34H,2-6H2,1H3,(H,31,33). The van der Waals surface area contributed by atoms with Crippen LogP contribution in [-0.2, 0) is 15.7 Å². The molecule has 0 bridgehead atoms. The number of methoxy groups -OCH3 is 1. The number of carbonyl (C=O) groups is 2. The Kier molecular flexibility index (Phi) is 7.83. The summed E-state index contributed by atoms with van der Waals surface area (Å²) in [6, 6.07) is 10.3. The van der Waals surface area contributed by atoms with Gasteiger partial charge in [0.05, 0.1) is 29.9 Å². The Morgan fingerprint density at radius 2 is 1.74 bits per heavy atom. The number of aliphatic hydroxyl groups is 1. The maximum atomic E-state index is 13.3. The highest BCUT2D eigenvalue weighted by atomic mass is 19.4. The zero-order valence-electron chi connectivity index (χ0n) is 18.9. The summed E-state index contributed by atoms with van der Waals surface area (Å²) in [6.07, 6.45) is -1.22. The zero-order chi connectivity index (χ0) is 25.6. The van der Waals surface area contributed by atoms with Crippen molar-refractivity contribution in [2.24, 2.45) is 5.92 Å². The minimum atomic E-state index is -4.79. The molecule has 0 radical (unpaired) electrons. The van der Waals surface area contributed by atoms with Crippen molar-refractivity contribution >= 4 is 17.6 Å². The quantitative estimate of drug-likeness (QED) is 0.486. The normalized spacial score (nSPS) is 15.7. The monoisotopic (exact) mass is 484 g/mol. The lowest BCUT2D eigenvalue weighted by Crippen LogP contribution is -2.49. The molecule has 0 aliphatic heterocycles. The van der Waals surface area contributed by atoms with Gasteiger partial charge in [0.25, 0.3) is 5.91 Å². The number of amides is 1. The molecule has 1 saturated carbocycles. The van der Waals surface area contributed by atoms with E-state index in [9.17, 15) is 27.9 Å². The van der Waals surface area contributed by atoms with E-state index in [1.165, 1.54) is 43.5 Å². The summed E-state index contributed by atoms with van der Waals surface area (Å²) in [4.78, 5) is 24.8. The molecule has 6 nitrogen and oxygen atoms in total. The summed E-state index contributed by atoms with van der Waals surface area (Å²) >= 11 is 0. The summed E-state index contributed by atoms with van der Waals surface area (Å²) in [6.45, 7) is 0. The third-order valence-corrected chi connectivity index (χ3v) is 5.95. The molecule has 0 aromatic heterocycles. The summed E-state index contributed by atoms with van der Waals surface area (Å²) < 4.78 is 44.6. The molecule has 0 heterocycles. The lowest BCUT2D eigenvalue weighted by molar-refractivity contribution is -0.138. The molecule has 2 aromatic rings. The number of rotatable bonds is 4. The molecule has 0 saturated heterocycles. The van der Waals surface area contributed by atoms with Gasteiger partial charge in [-0.25, -0.2) is 4.79 Å². The van der Waals surface area contributed by atoms with E-state index in [1.54, 1.807) is 0 Å². The van der Waals surface area contributed by atoms with E-state index >= 15 is 0 Å². The fraction of sp³-hybridized carbons (Fsp3) is 0.346. The lowest BCUT2D eigenvalue weighted by atomic mass is 9.76. The predicted octanol–water partition coefficient (Wildman–Crippen LogP) is 4.67. The van der Waals surface area contributed by atoms with Gasteiger partial charge in [-0.3, -0.25) is 4.79 Å². The first-order chi connectivity index (χ1) is 16.6. The Morgan fingerprint density at radius 3 is 2.31 bits per heavy atom. The van der Waals surface area contributed by atoms with Crippen molar-refractivity contribution in [3.05, 3.63) is 64.7 Å². The maximum absolute atomic E-state index is 13.3. The Labute approximate surface area is 200 Å². The van der Waals surface area contributed by atoms with Crippen molar-refractivity contribution in [3.63, 3.8) is 0 Å². The van der Waals surface area contributed by atoms with Crippen LogP contribution < -0.4 is 5.32 Å². The number of hydrogen-bond donors (Lipinski definition) is 2. The highest BCUT2D eigenvalue weighted by molar-refractivity contribution is 6.00. The molecule has 0 spiro atoms. The van der Waals surface area contributed by atoms with Crippen molar-refractivity contribution in [2.75, 3.05) is 12.4 Å². The number of halogens is 3. The summed E-state index contributed by atoms with van der Waals surface area (Å²) in [5.74, 6) is 3.40. The molecule has 1 amide bonds. The molecule has 1 unspecified atom stereocenters. The molecule has 3 rings (SSSR count). The first-order valence-corrected chi connectivity index (χ1v) is 10.9. The maximum Gasteiger partial charge on any atom is 0.417 e. The van der Waals surface area contributed by atoms with Crippen molar-refractivity contribution in [1.29, 1.82) is 5.26 Å². The Bertz CT molecular complexity index is 1200. The van der Waals surface area contributed by atoms with Crippen LogP contribution in [0.2, 0.25) is 0 Å². The van der Waals surface area contributed by atoms with Crippen molar-refractivity contribution < 1.29 is 32.6 Å². The van der Waals surface area contributed by atoms with E-state index in [4.69, 9.17) is 5.26 Å². The van der Waals surface area contributed by atoms with Crippen molar-refractivity contribution in [2.45, 2.75) is 43.9 Å². The molecule has 1 atom stereocenters. The highest BCUT2D eigenvalue weighted by Crippen LogP contribution is 2.36. The first kappa shape index (κ1) is 25.8. The third-order valence-electron chi connectivity index (χ3n) is 5.95. The van der Waals surface area contributed by atoms with E-state index in [0.29, 0.717) is 30.0 Å². The number of nitrogens with one attached hydrogen (secondary N) is 1. The highest BCUT2D eigenvalue weighted by Gasteiger charge is 2.43. The predicted molar refractivity (Wildman–Crippen MR) is 121 cm³/mol. The van der Waals surface area contributed by atoms with Gasteiger partial charge in [0.1, 0.15) is 0 Å². The van der Waals surface area contributed by atoms with E-state index in [1.807, 2.05) is 0 Å². The molecule has 2 aromatic carbocycles. The Balaban J connectivity index is 1.93. The number of nitriles is 1. The van der Waals surface area contributed by atoms with E-state index < -0.39 is 40.7 Å². The second kappa shape index (κ2) is 10.6.